The molecule has 10 heteroatoms. The molecule has 2 aromatic carbocycles. The smallest absolute Gasteiger partial charge is 0.264 e. The second-order valence-corrected chi connectivity index (χ2v) is 6.68. The van der Waals surface area contributed by atoms with Crippen molar-refractivity contribution in [2.45, 2.75) is 11.4 Å². The Hall–Kier alpha value is -2.88. The Bertz CT molecular complexity index is 1010. The second kappa shape index (κ2) is 6.55. The summed E-state index contributed by atoms with van der Waals surface area (Å²) in [5, 5.41) is 3.92. The van der Waals surface area contributed by atoms with Gasteiger partial charge in [-0.15, -0.1) is 0 Å². The van der Waals surface area contributed by atoms with E-state index in [1.165, 1.54) is 23.4 Å². The van der Waals surface area contributed by atoms with Crippen LogP contribution in [0, 0.1) is 17.5 Å². The van der Waals surface area contributed by atoms with E-state index in [9.17, 15) is 21.6 Å². The van der Waals surface area contributed by atoms with Gasteiger partial charge in [-0.25, -0.2) is 31.3 Å². The lowest BCUT2D eigenvalue weighted by atomic mass is 10.2. The standard InChI is InChI=1S/C15H11F3N4O2S/c16-11-5-6-13(15(18)14(11)17)25(23,24)21-12-4-2-1-3-10(12)7-22-9-19-8-20-22/h1-6,8-9,21H,7H2. The summed E-state index contributed by atoms with van der Waals surface area (Å²) >= 11 is 0. The number of hydrogen-bond donors (Lipinski definition) is 1. The first kappa shape index (κ1) is 17.0. The van der Waals surface area contributed by atoms with Crippen molar-refractivity contribution >= 4 is 15.7 Å². The Balaban J connectivity index is 1.96. The normalized spacial score (nSPS) is 11.5. The molecule has 6 nitrogen and oxygen atoms in total. The molecule has 0 aliphatic heterocycles. The second-order valence-electron chi connectivity index (χ2n) is 5.03. The van der Waals surface area contributed by atoms with Gasteiger partial charge in [0.1, 0.15) is 17.6 Å². The first-order valence-corrected chi connectivity index (χ1v) is 8.43. The molecule has 0 radical (unpaired) electrons. The molecule has 0 saturated heterocycles. The van der Waals surface area contributed by atoms with Crippen molar-refractivity contribution in [1.82, 2.24) is 14.8 Å². The van der Waals surface area contributed by atoms with Crippen molar-refractivity contribution in [3.05, 3.63) is 72.1 Å². The summed E-state index contributed by atoms with van der Waals surface area (Å²) in [5.41, 5.74) is 0.682. The third-order valence-corrected chi connectivity index (χ3v) is 4.73. The van der Waals surface area contributed by atoms with Gasteiger partial charge in [0.25, 0.3) is 10.0 Å². The molecule has 0 atom stereocenters. The number of halogens is 3. The summed E-state index contributed by atoms with van der Waals surface area (Å²) in [7, 11) is -4.46. The van der Waals surface area contributed by atoms with Crippen LogP contribution in [-0.4, -0.2) is 23.2 Å². The van der Waals surface area contributed by atoms with Crippen LogP contribution in [0.4, 0.5) is 18.9 Å². The molecule has 0 amide bonds. The highest BCUT2D eigenvalue weighted by atomic mass is 32.2. The van der Waals surface area contributed by atoms with Crippen molar-refractivity contribution < 1.29 is 21.6 Å². The number of aromatic nitrogens is 3. The van der Waals surface area contributed by atoms with Crippen molar-refractivity contribution in [3.63, 3.8) is 0 Å². The predicted molar refractivity (Wildman–Crippen MR) is 82.7 cm³/mol. The predicted octanol–water partition coefficient (Wildman–Crippen LogP) is 2.54. The maximum absolute atomic E-state index is 13.8. The summed E-state index contributed by atoms with van der Waals surface area (Å²) in [5.74, 6) is -5.09. The fourth-order valence-corrected chi connectivity index (χ4v) is 3.33. The van der Waals surface area contributed by atoms with Crippen LogP contribution in [0.25, 0.3) is 0 Å². The molecule has 0 unspecified atom stereocenters. The van der Waals surface area contributed by atoms with E-state index in [1.54, 1.807) is 18.2 Å². The number of rotatable bonds is 5. The highest BCUT2D eigenvalue weighted by molar-refractivity contribution is 7.92. The average molecular weight is 368 g/mol. The summed E-state index contributed by atoms with van der Waals surface area (Å²) in [6.45, 7) is 0.207. The van der Waals surface area contributed by atoms with E-state index in [4.69, 9.17) is 0 Å². The van der Waals surface area contributed by atoms with E-state index in [2.05, 4.69) is 14.8 Å². The van der Waals surface area contributed by atoms with Crippen LogP contribution in [0.2, 0.25) is 0 Å². The third kappa shape index (κ3) is 3.48. The molecule has 0 fully saturated rings. The van der Waals surface area contributed by atoms with Crippen LogP contribution < -0.4 is 4.72 Å². The Kier molecular flexibility index (Phi) is 4.45. The van der Waals surface area contributed by atoms with Crippen LogP contribution in [0.5, 0.6) is 0 Å². The number of benzene rings is 2. The average Bonchev–Trinajstić information content (AvgIpc) is 3.07. The van der Waals surface area contributed by atoms with Gasteiger partial charge in [0.05, 0.1) is 12.2 Å². The van der Waals surface area contributed by atoms with Gasteiger partial charge in [0.2, 0.25) is 0 Å². The van der Waals surface area contributed by atoms with Gasteiger partial charge in [0, 0.05) is 0 Å². The third-order valence-electron chi connectivity index (χ3n) is 3.35. The molecule has 1 heterocycles. The Labute approximate surface area is 141 Å². The van der Waals surface area contributed by atoms with Crippen LogP contribution in [0.3, 0.4) is 0 Å². The van der Waals surface area contributed by atoms with E-state index in [0.29, 0.717) is 17.7 Å². The molecule has 0 spiro atoms. The SMILES string of the molecule is O=S(=O)(Nc1ccccc1Cn1cncn1)c1ccc(F)c(F)c1F. The van der Waals surface area contributed by atoms with Gasteiger partial charge in [0.15, 0.2) is 17.5 Å². The summed E-state index contributed by atoms with van der Waals surface area (Å²) in [4.78, 5) is 2.80. The van der Waals surface area contributed by atoms with Gasteiger partial charge in [-0.1, -0.05) is 18.2 Å². The first-order valence-electron chi connectivity index (χ1n) is 6.95. The van der Waals surface area contributed by atoms with Crippen LogP contribution in [-0.2, 0) is 16.6 Å². The lowest BCUT2D eigenvalue weighted by molar-refractivity contribution is 0.432. The zero-order valence-corrected chi connectivity index (χ0v) is 13.3. The molecule has 0 saturated carbocycles. The molecule has 0 bridgehead atoms. The molecule has 3 aromatic rings. The monoisotopic (exact) mass is 368 g/mol. The quantitative estimate of drug-likeness (QED) is 0.702. The topological polar surface area (TPSA) is 76.9 Å². The van der Waals surface area contributed by atoms with E-state index in [0.717, 1.165) is 0 Å². The van der Waals surface area contributed by atoms with Gasteiger partial charge >= 0.3 is 0 Å². The van der Waals surface area contributed by atoms with E-state index >= 15 is 0 Å². The van der Waals surface area contributed by atoms with Gasteiger partial charge < -0.3 is 0 Å². The number of hydrogen-bond acceptors (Lipinski definition) is 4. The molecule has 130 valence electrons. The van der Waals surface area contributed by atoms with E-state index in [-0.39, 0.29) is 12.2 Å². The number of anilines is 1. The molecule has 0 aliphatic carbocycles. The molecular weight excluding hydrogens is 357 g/mol. The number of para-hydroxylation sites is 1. The fourth-order valence-electron chi connectivity index (χ4n) is 2.16. The highest BCUT2D eigenvalue weighted by Gasteiger charge is 2.24. The number of nitrogens with zero attached hydrogens (tertiary/aromatic N) is 3. The zero-order chi connectivity index (χ0) is 18.0. The summed E-state index contributed by atoms with van der Waals surface area (Å²) < 4.78 is 68.5. The Morgan fingerprint density at radius 2 is 1.80 bits per heavy atom. The number of sulfonamides is 1. The van der Waals surface area contributed by atoms with Crippen molar-refractivity contribution in [3.8, 4) is 0 Å². The van der Waals surface area contributed by atoms with Crippen LogP contribution in [0.1, 0.15) is 5.56 Å². The summed E-state index contributed by atoms with van der Waals surface area (Å²) in [6.07, 6.45) is 2.77. The minimum absolute atomic E-state index is 0.155. The first-order chi connectivity index (χ1) is 11.9. The Morgan fingerprint density at radius 3 is 2.52 bits per heavy atom. The maximum atomic E-state index is 13.8. The molecular formula is C15H11F3N4O2S. The molecule has 3 rings (SSSR count). The number of nitrogens with one attached hydrogen (secondary N) is 1. The van der Waals surface area contributed by atoms with E-state index in [1.807, 2.05) is 0 Å². The maximum Gasteiger partial charge on any atom is 0.264 e. The van der Waals surface area contributed by atoms with Crippen molar-refractivity contribution in [2.75, 3.05) is 4.72 Å². The minimum atomic E-state index is -4.46. The van der Waals surface area contributed by atoms with Gasteiger partial charge in [-0.2, -0.15) is 5.10 Å². The largest absolute Gasteiger partial charge is 0.279 e. The van der Waals surface area contributed by atoms with E-state index < -0.39 is 32.4 Å². The van der Waals surface area contributed by atoms with Crippen molar-refractivity contribution in [1.29, 1.82) is 0 Å². The Morgan fingerprint density at radius 1 is 1.04 bits per heavy atom. The van der Waals surface area contributed by atoms with Gasteiger partial charge in [-0.05, 0) is 23.8 Å². The lowest BCUT2D eigenvalue weighted by Crippen LogP contribution is -2.17. The van der Waals surface area contributed by atoms with Crippen LogP contribution >= 0.6 is 0 Å². The zero-order valence-electron chi connectivity index (χ0n) is 12.5. The molecule has 25 heavy (non-hydrogen) atoms. The van der Waals surface area contributed by atoms with Crippen LogP contribution in [0.15, 0.2) is 53.9 Å². The minimum Gasteiger partial charge on any atom is -0.279 e. The molecule has 1 N–H and O–H groups in total. The highest BCUT2D eigenvalue weighted by Crippen LogP contribution is 2.24. The lowest BCUT2D eigenvalue weighted by Gasteiger charge is -2.13. The van der Waals surface area contributed by atoms with Crippen molar-refractivity contribution in [2.24, 2.45) is 0 Å². The molecule has 0 aliphatic rings. The summed E-state index contributed by atoms with van der Waals surface area (Å²) in [6, 6.07) is 7.57. The molecule has 1 aromatic heterocycles. The van der Waals surface area contributed by atoms with Gasteiger partial charge in [-0.3, -0.25) is 4.72 Å². The fraction of sp³-hybridized carbons (Fsp3) is 0.0667.